The second-order valence-electron chi connectivity index (χ2n) is 10.5. The molecule has 3 aliphatic carbocycles. The zero-order chi connectivity index (χ0) is 24.6. The van der Waals surface area contributed by atoms with Gasteiger partial charge in [-0.05, 0) is 102 Å². The molecule has 2 aromatic rings. The number of benzene rings is 1. The number of aliphatic carboxylic acids is 1. The van der Waals surface area contributed by atoms with Crippen molar-refractivity contribution in [3.8, 4) is 5.75 Å². The number of carboxylic acids is 1. The Bertz CT molecular complexity index is 1170. The third-order valence-electron chi connectivity index (χ3n) is 8.68. The van der Waals surface area contributed by atoms with Crippen LogP contribution < -0.4 is 10.1 Å². The predicted octanol–water partition coefficient (Wildman–Crippen LogP) is 5.23. The maximum Gasteiger partial charge on any atom is 0.303 e. The van der Waals surface area contributed by atoms with Crippen molar-refractivity contribution in [3.63, 3.8) is 0 Å². The topological polar surface area (TPSA) is 88.5 Å². The number of carboxylic acid groups (broad SMARTS) is 1. The van der Waals surface area contributed by atoms with E-state index < -0.39 is 5.97 Å². The van der Waals surface area contributed by atoms with E-state index in [2.05, 4.69) is 41.5 Å². The molecule has 1 aromatic heterocycles. The fourth-order valence-electron chi connectivity index (χ4n) is 6.96. The monoisotopic (exact) mass is 474 g/mol. The van der Waals surface area contributed by atoms with Crippen LogP contribution in [0.15, 0.2) is 42.7 Å². The van der Waals surface area contributed by atoms with Crippen molar-refractivity contribution in [2.45, 2.75) is 57.8 Å². The van der Waals surface area contributed by atoms with Gasteiger partial charge in [0.2, 0.25) is 0 Å². The molecule has 0 unspecified atom stereocenters. The Kier molecular flexibility index (Phi) is 6.39. The SMILES string of the molecule is COc1cncc(C2=CC[C@H]3[C@@H]4CCc5cc(C(=O)NCCCC(=O)O)ccc5[C@H]4CC[C@]23C)c1. The van der Waals surface area contributed by atoms with E-state index in [1.165, 1.54) is 22.3 Å². The molecule has 1 aromatic carbocycles. The van der Waals surface area contributed by atoms with Crippen molar-refractivity contribution in [1.29, 1.82) is 0 Å². The minimum Gasteiger partial charge on any atom is -0.495 e. The van der Waals surface area contributed by atoms with Crippen LogP contribution in [0.25, 0.3) is 5.57 Å². The predicted molar refractivity (Wildman–Crippen MR) is 134 cm³/mol. The molecule has 35 heavy (non-hydrogen) atoms. The van der Waals surface area contributed by atoms with Crippen molar-refractivity contribution >= 4 is 17.4 Å². The molecular formula is C29H34N2O4. The lowest BCUT2D eigenvalue weighted by Crippen LogP contribution is -2.41. The minimum absolute atomic E-state index is 0.0680. The van der Waals surface area contributed by atoms with Crippen LogP contribution in [-0.2, 0) is 11.2 Å². The number of carbonyl (C=O) groups excluding carboxylic acids is 1. The first-order valence-corrected chi connectivity index (χ1v) is 12.7. The summed E-state index contributed by atoms with van der Waals surface area (Å²) in [7, 11) is 1.69. The molecule has 184 valence electrons. The molecule has 0 spiro atoms. The number of hydrogen-bond donors (Lipinski definition) is 2. The normalized spacial score (nSPS) is 26.7. The van der Waals surface area contributed by atoms with E-state index in [9.17, 15) is 9.59 Å². The first kappa shape index (κ1) is 23.6. The van der Waals surface area contributed by atoms with Gasteiger partial charge in [0.05, 0.1) is 13.3 Å². The number of aryl methyl sites for hydroxylation is 1. The maximum atomic E-state index is 12.6. The quantitative estimate of drug-likeness (QED) is 0.536. The third-order valence-corrected chi connectivity index (χ3v) is 8.68. The maximum absolute atomic E-state index is 12.6. The molecule has 2 N–H and O–H groups in total. The van der Waals surface area contributed by atoms with E-state index in [1.54, 1.807) is 13.3 Å². The minimum atomic E-state index is -0.837. The first-order chi connectivity index (χ1) is 16.9. The summed E-state index contributed by atoms with van der Waals surface area (Å²) in [6.45, 7) is 2.82. The Balaban J connectivity index is 1.31. The summed E-state index contributed by atoms with van der Waals surface area (Å²) in [5.74, 6) is 1.65. The molecule has 5 rings (SSSR count). The average molecular weight is 475 g/mol. The van der Waals surface area contributed by atoms with Gasteiger partial charge < -0.3 is 15.2 Å². The van der Waals surface area contributed by atoms with Gasteiger partial charge in [-0.15, -0.1) is 0 Å². The van der Waals surface area contributed by atoms with Gasteiger partial charge in [-0.25, -0.2) is 0 Å². The number of nitrogens with one attached hydrogen (secondary N) is 1. The second-order valence-corrected chi connectivity index (χ2v) is 10.5. The van der Waals surface area contributed by atoms with Gasteiger partial charge in [0.1, 0.15) is 5.75 Å². The van der Waals surface area contributed by atoms with Crippen molar-refractivity contribution < 1.29 is 19.4 Å². The van der Waals surface area contributed by atoms with Gasteiger partial charge >= 0.3 is 5.97 Å². The number of amides is 1. The molecule has 6 nitrogen and oxygen atoms in total. The lowest BCUT2D eigenvalue weighted by atomic mass is 9.54. The average Bonchev–Trinajstić information content (AvgIpc) is 3.23. The lowest BCUT2D eigenvalue weighted by molar-refractivity contribution is -0.137. The third kappa shape index (κ3) is 4.35. The van der Waals surface area contributed by atoms with Crippen LogP contribution in [-0.4, -0.2) is 35.6 Å². The highest BCUT2D eigenvalue weighted by Crippen LogP contribution is 2.63. The highest BCUT2D eigenvalue weighted by atomic mass is 16.5. The number of nitrogens with zero attached hydrogens (tertiary/aromatic N) is 1. The van der Waals surface area contributed by atoms with Crippen molar-refractivity contribution in [2.75, 3.05) is 13.7 Å². The number of carbonyl (C=O) groups is 2. The summed E-state index contributed by atoms with van der Waals surface area (Å²) in [5, 5.41) is 11.6. The highest BCUT2D eigenvalue weighted by Gasteiger charge is 2.52. The summed E-state index contributed by atoms with van der Waals surface area (Å²) in [4.78, 5) is 27.7. The molecule has 3 aliphatic rings. The van der Waals surface area contributed by atoms with Crippen LogP contribution in [0.2, 0.25) is 0 Å². The van der Waals surface area contributed by atoms with E-state index in [4.69, 9.17) is 9.84 Å². The van der Waals surface area contributed by atoms with Gasteiger partial charge in [-0.2, -0.15) is 0 Å². The Labute approximate surface area is 206 Å². The number of aromatic nitrogens is 1. The van der Waals surface area contributed by atoms with E-state index >= 15 is 0 Å². The van der Waals surface area contributed by atoms with E-state index in [0.717, 1.165) is 37.9 Å². The van der Waals surface area contributed by atoms with Crippen LogP contribution in [0.5, 0.6) is 5.75 Å². The summed E-state index contributed by atoms with van der Waals surface area (Å²) in [6, 6.07) is 8.30. The number of pyridine rings is 1. The largest absolute Gasteiger partial charge is 0.495 e. The lowest BCUT2D eigenvalue weighted by Gasteiger charge is -2.50. The molecule has 1 heterocycles. The summed E-state index contributed by atoms with van der Waals surface area (Å²) in [5.41, 5.74) is 6.16. The zero-order valence-electron chi connectivity index (χ0n) is 20.5. The molecule has 1 saturated carbocycles. The van der Waals surface area contributed by atoms with Gasteiger partial charge in [0, 0.05) is 24.7 Å². The Hall–Kier alpha value is -3.15. The van der Waals surface area contributed by atoms with Gasteiger partial charge in [-0.1, -0.05) is 19.1 Å². The molecule has 0 aliphatic heterocycles. The smallest absolute Gasteiger partial charge is 0.303 e. The number of hydrogen-bond acceptors (Lipinski definition) is 4. The summed E-state index contributed by atoms with van der Waals surface area (Å²) >= 11 is 0. The highest BCUT2D eigenvalue weighted by molar-refractivity contribution is 5.94. The number of fused-ring (bicyclic) bond motifs is 5. The van der Waals surface area contributed by atoms with Crippen molar-refractivity contribution in [1.82, 2.24) is 10.3 Å². The van der Waals surface area contributed by atoms with Crippen LogP contribution in [0.4, 0.5) is 0 Å². The van der Waals surface area contributed by atoms with Crippen LogP contribution in [0.1, 0.15) is 78.4 Å². The van der Waals surface area contributed by atoms with E-state index in [1.807, 2.05) is 12.3 Å². The molecule has 0 saturated heterocycles. The molecule has 0 bridgehead atoms. The number of methoxy groups -OCH3 is 1. The van der Waals surface area contributed by atoms with E-state index in [0.29, 0.717) is 36.3 Å². The number of rotatable bonds is 7. The Morgan fingerprint density at radius 2 is 2.09 bits per heavy atom. The zero-order valence-corrected chi connectivity index (χ0v) is 20.5. The summed E-state index contributed by atoms with van der Waals surface area (Å²) < 4.78 is 5.43. The van der Waals surface area contributed by atoms with E-state index in [-0.39, 0.29) is 17.7 Å². The molecule has 1 amide bonds. The fourth-order valence-corrected chi connectivity index (χ4v) is 6.96. The number of allylic oxidation sites excluding steroid dienone is 2. The van der Waals surface area contributed by atoms with Crippen molar-refractivity contribution in [2.24, 2.45) is 17.3 Å². The fraction of sp³-hybridized carbons (Fsp3) is 0.483. The van der Waals surface area contributed by atoms with Gasteiger partial charge in [0.25, 0.3) is 5.91 Å². The molecule has 4 atom stereocenters. The van der Waals surface area contributed by atoms with Gasteiger partial charge in [0.15, 0.2) is 0 Å². The Morgan fingerprint density at radius 1 is 1.23 bits per heavy atom. The standard InChI is InChI=1S/C29H34N2O4/c1-29-12-11-23-22-7-6-19(28(34)31-13-3-4-27(32)33)14-18(22)5-8-24(23)26(29)10-9-25(29)20-15-21(35-2)17-30-16-20/h6-7,9,14-17,23-24,26H,3-5,8,10-13H2,1-2H3,(H,31,34)(H,32,33)/t23-,24-,26+,29-/m1/s1. The Morgan fingerprint density at radius 3 is 2.89 bits per heavy atom. The number of ether oxygens (including phenoxy) is 1. The molecule has 0 radical (unpaired) electrons. The molecule has 6 heteroatoms. The summed E-state index contributed by atoms with van der Waals surface area (Å²) in [6.07, 6.45) is 12.2. The van der Waals surface area contributed by atoms with Crippen molar-refractivity contribution in [3.05, 3.63) is 65.0 Å². The first-order valence-electron chi connectivity index (χ1n) is 12.7. The van der Waals surface area contributed by atoms with Crippen LogP contribution >= 0.6 is 0 Å². The van der Waals surface area contributed by atoms with Crippen LogP contribution in [0, 0.1) is 17.3 Å². The molecular weight excluding hydrogens is 440 g/mol. The second kappa shape index (κ2) is 9.48. The molecule has 1 fully saturated rings. The van der Waals surface area contributed by atoms with Gasteiger partial charge in [-0.3, -0.25) is 14.6 Å². The van der Waals surface area contributed by atoms with Crippen LogP contribution in [0.3, 0.4) is 0 Å².